The smallest absolute Gasteiger partial charge is 0.162 e. The number of halogens is 2. The van der Waals surface area contributed by atoms with Crippen molar-refractivity contribution in [2.75, 3.05) is 13.2 Å². The monoisotopic (exact) mass is 353 g/mol. The van der Waals surface area contributed by atoms with Crippen LogP contribution in [0.5, 0.6) is 11.5 Å². The Kier molecular flexibility index (Phi) is 3.87. The van der Waals surface area contributed by atoms with Crippen molar-refractivity contribution in [3.05, 3.63) is 57.0 Å². The third-order valence-electron chi connectivity index (χ3n) is 3.24. The first kappa shape index (κ1) is 13.7. The summed E-state index contributed by atoms with van der Waals surface area (Å²) in [6.45, 7) is 1.12. The molecule has 1 aliphatic rings. The van der Waals surface area contributed by atoms with Crippen molar-refractivity contribution in [2.45, 2.75) is 6.04 Å². The van der Waals surface area contributed by atoms with E-state index in [0.29, 0.717) is 18.2 Å². The third kappa shape index (κ3) is 2.51. The molecule has 20 heavy (non-hydrogen) atoms. The summed E-state index contributed by atoms with van der Waals surface area (Å²) in [6, 6.07) is 11.0. The lowest BCUT2D eigenvalue weighted by atomic mass is 9.99. The number of hydrogen-bond acceptors (Lipinski definition) is 3. The highest BCUT2D eigenvalue weighted by molar-refractivity contribution is 9.10. The van der Waals surface area contributed by atoms with Crippen molar-refractivity contribution < 1.29 is 9.47 Å². The van der Waals surface area contributed by atoms with E-state index >= 15 is 0 Å². The molecule has 2 aromatic carbocycles. The van der Waals surface area contributed by atoms with Gasteiger partial charge in [-0.05, 0) is 29.3 Å². The molecule has 0 aromatic heterocycles. The highest BCUT2D eigenvalue weighted by Crippen LogP contribution is 2.39. The normalized spacial score (nSPS) is 14.9. The Morgan fingerprint density at radius 1 is 1.05 bits per heavy atom. The van der Waals surface area contributed by atoms with Gasteiger partial charge in [0.15, 0.2) is 11.5 Å². The molecule has 1 aliphatic heterocycles. The van der Waals surface area contributed by atoms with E-state index < -0.39 is 0 Å². The zero-order valence-corrected chi connectivity index (χ0v) is 12.9. The molecule has 1 unspecified atom stereocenters. The van der Waals surface area contributed by atoms with Crippen LogP contribution in [0.3, 0.4) is 0 Å². The maximum atomic E-state index is 6.34. The van der Waals surface area contributed by atoms with Gasteiger partial charge in [-0.15, -0.1) is 0 Å². The average molecular weight is 355 g/mol. The van der Waals surface area contributed by atoms with Gasteiger partial charge < -0.3 is 15.2 Å². The van der Waals surface area contributed by atoms with Crippen LogP contribution in [0.15, 0.2) is 40.9 Å². The van der Waals surface area contributed by atoms with Crippen LogP contribution in [0.1, 0.15) is 17.2 Å². The highest BCUT2D eigenvalue weighted by Gasteiger charge is 2.20. The van der Waals surface area contributed by atoms with Crippen molar-refractivity contribution >= 4 is 27.5 Å². The first-order valence-electron chi connectivity index (χ1n) is 6.26. The summed E-state index contributed by atoms with van der Waals surface area (Å²) in [5, 5.41) is 0.654. The van der Waals surface area contributed by atoms with E-state index in [0.717, 1.165) is 27.1 Å². The minimum absolute atomic E-state index is 0.325. The standard InChI is InChI=1S/C15H13BrClNO2/c16-11-8-14-13(19-5-6-20-14)7-10(11)15(18)9-3-1-2-4-12(9)17/h1-4,7-8,15H,5-6,18H2. The van der Waals surface area contributed by atoms with Crippen LogP contribution in [0.4, 0.5) is 0 Å². The Hall–Kier alpha value is -1.23. The van der Waals surface area contributed by atoms with Crippen molar-refractivity contribution in [2.24, 2.45) is 5.73 Å². The van der Waals surface area contributed by atoms with Gasteiger partial charge in [-0.1, -0.05) is 45.7 Å². The van der Waals surface area contributed by atoms with E-state index in [1.54, 1.807) is 0 Å². The number of fused-ring (bicyclic) bond motifs is 1. The summed E-state index contributed by atoms with van der Waals surface area (Å²) in [4.78, 5) is 0. The zero-order valence-electron chi connectivity index (χ0n) is 10.6. The quantitative estimate of drug-likeness (QED) is 0.889. The SMILES string of the molecule is NC(c1ccccc1Cl)c1cc2c(cc1Br)OCCO2. The minimum Gasteiger partial charge on any atom is -0.486 e. The Bertz CT molecular complexity index is 648. The largest absolute Gasteiger partial charge is 0.486 e. The predicted octanol–water partition coefficient (Wildman–Crippen LogP) is 3.92. The van der Waals surface area contributed by atoms with Crippen LogP contribution >= 0.6 is 27.5 Å². The molecular formula is C15H13BrClNO2. The predicted molar refractivity (Wildman–Crippen MR) is 82.6 cm³/mol. The Balaban J connectivity index is 2.03. The first-order valence-corrected chi connectivity index (χ1v) is 7.43. The molecule has 0 saturated heterocycles. The lowest BCUT2D eigenvalue weighted by Gasteiger charge is -2.22. The Morgan fingerprint density at radius 3 is 2.40 bits per heavy atom. The minimum atomic E-state index is -0.325. The summed E-state index contributed by atoms with van der Waals surface area (Å²) in [7, 11) is 0. The number of rotatable bonds is 2. The number of hydrogen-bond donors (Lipinski definition) is 1. The third-order valence-corrected chi connectivity index (χ3v) is 4.27. The van der Waals surface area contributed by atoms with Gasteiger partial charge in [0.1, 0.15) is 13.2 Å². The summed E-state index contributed by atoms with van der Waals surface area (Å²) >= 11 is 9.75. The van der Waals surface area contributed by atoms with Crippen LogP contribution in [0.25, 0.3) is 0 Å². The van der Waals surface area contributed by atoms with E-state index in [1.165, 1.54) is 0 Å². The first-order chi connectivity index (χ1) is 9.66. The van der Waals surface area contributed by atoms with Crippen LogP contribution in [-0.4, -0.2) is 13.2 Å². The molecule has 104 valence electrons. The summed E-state index contributed by atoms with van der Waals surface area (Å²) in [6.07, 6.45) is 0. The molecule has 0 radical (unpaired) electrons. The summed E-state index contributed by atoms with van der Waals surface area (Å²) in [5.74, 6) is 1.45. The van der Waals surface area contributed by atoms with Gasteiger partial charge >= 0.3 is 0 Å². The van der Waals surface area contributed by atoms with Crippen molar-refractivity contribution in [1.82, 2.24) is 0 Å². The van der Waals surface area contributed by atoms with Crippen molar-refractivity contribution in [3.8, 4) is 11.5 Å². The van der Waals surface area contributed by atoms with Gasteiger partial charge in [0.25, 0.3) is 0 Å². The molecule has 0 amide bonds. The van der Waals surface area contributed by atoms with Gasteiger partial charge in [0, 0.05) is 9.50 Å². The Labute approximate surface area is 130 Å². The van der Waals surface area contributed by atoms with E-state index in [1.807, 2.05) is 36.4 Å². The van der Waals surface area contributed by atoms with Gasteiger partial charge in [-0.25, -0.2) is 0 Å². The van der Waals surface area contributed by atoms with Crippen molar-refractivity contribution in [1.29, 1.82) is 0 Å². The fourth-order valence-corrected chi connectivity index (χ4v) is 3.04. The van der Waals surface area contributed by atoms with Gasteiger partial charge in [-0.3, -0.25) is 0 Å². The number of benzene rings is 2. The van der Waals surface area contributed by atoms with Crippen LogP contribution in [0, 0.1) is 0 Å². The van der Waals surface area contributed by atoms with Gasteiger partial charge in [-0.2, -0.15) is 0 Å². The average Bonchev–Trinajstić information content (AvgIpc) is 2.46. The molecule has 3 nitrogen and oxygen atoms in total. The molecule has 0 bridgehead atoms. The fraction of sp³-hybridized carbons (Fsp3) is 0.200. The molecule has 5 heteroatoms. The highest BCUT2D eigenvalue weighted by atomic mass is 79.9. The zero-order chi connectivity index (χ0) is 14.1. The molecule has 1 atom stereocenters. The molecule has 2 aromatic rings. The molecular weight excluding hydrogens is 342 g/mol. The molecule has 0 fully saturated rings. The van der Waals surface area contributed by atoms with E-state index in [-0.39, 0.29) is 6.04 Å². The van der Waals surface area contributed by atoms with Gasteiger partial charge in [0.05, 0.1) is 6.04 Å². The van der Waals surface area contributed by atoms with Crippen LogP contribution < -0.4 is 15.2 Å². The fourth-order valence-electron chi connectivity index (χ4n) is 2.21. The van der Waals surface area contributed by atoms with Crippen LogP contribution in [0.2, 0.25) is 5.02 Å². The summed E-state index contributed by atoms with van der Waals surface area (Å²) in [5.41, 5.74) is 8.14. The van der Waals surface area contributed by atoms with E-state index in [2.05, 4.69) is 15.9 Å². The van der Waals surface area contributed by atoms with Gasteiger partial charge in [0.2, 0.25) is 0 Å². The number of nitrogens with two attached hydrogens (primary N) is 1. The maximum absolute atomic E-state index is 6.34. The molecule has 0 saturated carbocycles. The number of ether oxygens (including phenoxy) is 2. The molecule has 3 rings (SSSR count). The maximum Gasteiger partial charge on any atom is 0.162 e. The van der Waals surface area contributed by atoms with E-state index in [4.69, 9.17) is 26.8 Å². The summed E-state index contributed by atoms with van der Waals surface area (Å²) < 4.78 is 12.0. The lowest BCUT2D eigenvalue weighted by molar-refractivity contribution is 0.171. The van der Waals surface area contributed by atoms with Crippen LogP contribution in [-0.2, 0) is 0 Å². The molecule has 2 N–H and O–H groups in total. The lowest BCUT2D eigenvalue weighted by Crippen LogP contribution is -2.18. The molecule has 1 heterocycles. The molecule has 0 spiro atoms. The van der Waals surface area contributed by atoms with E-state index in [9.17, 15) is 0 Å². The topological polar surface area (TPSA) is 44.5 Å². The molecule has 0 aliphatic carbocycles. The second-order valence-electron chi connectivity index (χ2n) is 4.52. The second kappa shape index (κ2) is 5.64. The van der Waals surface area contributed by atoms with Crippen molar-refractivity contribution in [3.63, 3.8) is 0 Å². The Morgan fingerprint density at radius 2 is 1.70 bits per heavy atom. The second-order valence-corrected chi connectivity index (χ2v) is 5.78.